The van der Waals surface area contributed by atoms with E-state index >= 15 is 0 Å². The van der Waals surface area contributed by atoms with Crippen molar-refractivity contribution < 1.29 is 33.6 Å². The largest absolute Gasteiger partial charge is 0.495 e. The van der Waals surface area contributed by atoms with E-state index in [0.29, 0.717) is 77.7 Å². The molecule has 2 N–H and O–H groups in total. The molecule has 2 aromatic carbocycles. The number of carbonyl (C=O) groups is 1. The minimum Gasteiger partial charge on any atom is -0.495 e. The molecule has 1 aliphatic heterocycles. The van der Waals surface area contributed by atoms with Gasteiger partial charge in [0.25, 0.3) is 0 Å². The molecule has 41 heavy (non-hydrogen) atoms. The van der Waals surface area contributed by atoms with E-state index in [2.05, 4.69) is 5.32 Å². The summed E-state index contributed by atoms with van der Waals surface area (Å²) >= 11 is 6.35. The third-order valence-corrected chi connectivity index (χ3v) is 7.03. The molecule has 220 valence electrons. The molecule has 1 aromatic heterocycles. The van der Waals surface area contributed by atoms with Gasteiger partial charge in [-0.15, -0.1) is 0 Å². The van der Waals surface area contributed by atoms with Crippen molar-refractivity contribution in [3.8, 4) is 34.3 Å². The van der Waals surface area contributed by atoms with Crippen LogP contribution in [0.15, 0.2) is 30.3 Å². The number of carbonyl (C=O) groups excluding carboxylic acids is 1. The minimum atomic E-state index is -0.591. The third-order valence-electron chi connectivity index (χ3n) is 6.74. The lowest BCUT2D eigenvalue weighted by molar-refractivity contribution is 0.0527. The van der Waals surface area contributed by atoms with Crippen LogP contribution in [0.1, 0.15) is 35.7 Å². The first kappa shape index (κ1) is 30.0. The molecule has 11 nitrogen and oxygen atoms in total. The lowest BCUT2D eigenvalue weighted by Crippen LogP contribution is -2.37. The molecule has 0 unspecified atom stereocenters. The number of piperidine rings is 1. The number of esters is 1. The van der Waals surface area contributed by atoms with Crippen molar-refractivity contribution >= 4 is 29.3 Å². The molecular weight excluding hydrogens is 552 g/mol. The van der Waals surface area contributed by atoms with Crippen molar-refractivity contribution in [3.63, 3.8) is 0 Å². The maximum atomic E-state index is 13.5. The number of aliphatic hydroxyl groups excluding tert-OH is 1. The van der Waals surface area contributed by atoms with Crippen LogP contribution in [0.3, 0.4) is 0 Å². The highest BCUT2D eigenvalue weighted by molar-refractivity contribution is 6.32. The maximum absolute atomic E-state index is 13.5. The fourth-order valence-electron chi connectivity index (χ4n) is 4.61. The molecule has 1 fully saturated rings. The van der Waals surface area contributed by atoms with Gasteiger partial charge in [-0.1, -0.05) is 17.7 Å². The van der Waals surface area contributed by atoms with Gasteiger partial charge in [0.2, 0.25) is 11.7 Å². The highest BCUT2D eigenvalue weighted by Gasteiger charge is 2.28. The van der Waals surface area contributed by atoms with E-state index in [1.54, 1.807) is 38.3 Å². The number of hydrogen-bond acceptors (Lipinski definition) is 11. The molecular formula is C29H35ClN4O7. The molecule has 0 radical (unpaired) electrons. The topological polar surface area (TPSA) is 125 Å². The number of halogens is 1. The number of ether oxygens (including phenoxy) is 5. The standard InChI is InChI=1S/C29H35ClN4O7/c1-6-41-28(36)24-25(18-14-22(38-3)26(40-5)23(15-18)39-4)32-29(34-11-9-19(35)10-12-34)33-27(24)31-16-17-7-8-21(37-2)20(30)13-17/h7-8,13-15,19,35H,6,9-12,16H2,1-5H3,(H,31,32,33). The molecule has 1 aliphatic rings. The second kappa shape index (κ2) is 13.6. The first-order chi connectivity index (χ1) is 19.8. The summed E-state index contributed by atoms with van der Waals surface area (Å²) < 4.78 is 27.4. The summed E-state index contributed by atoms with van der Waals surface area (Å²) in [5.41, 5.74) is 1.87. The van der Waals surface area contributed by atoms with E-state index in [4.69, 9.17) is 45.3 Å². The molecule has 0 bridgehead atoms. The van der Waals surface area contributed by atoms with Crippen molar-refractivity contribution in [2.75, 3.05) is 58.4 Å². The van der Waals surface area contributed by atoms with Crippen molar-refractivity contribution in [3.05, 3.63) is 46.5 Å². The Bertz CT molecular complexity index is 1350. The number of nitrogens with zero attached hydrogens (tertiary/aromatic N) is 3. The van der Waals surface area contributed by atoms with Crippen molar-refractivity contribution in [1.29, 1.82) is 0 Å². The van der Waals surface area contributed by atoms with Gasteiger partial charge in [0, 0.05) is 25.2 Å². The van der Waals surface area contributed by atoms with Gasteiger partial charge in [-0.3, -0.25) is 0 Å². The highest BCUT2D eigenvalue weighted by atomic mass is 35.5. The highest BCUT2D eigenvalue weighted by Crippen LogP contribution is 2.42. The van der Waals surface area contributed by atoms with Gasteiger partial charge in [-0.2, -0.15) is 4.98 Å². The van der Waals surface area contributed by atoms with E-state index in [1.165, 1.54) is 21.3 Å². The Morgan fingerprint density at radius 1 is 1.00 bits per heavy atom. The van der Waals surface area contributed by atoms with Crippen LogP contribution < -0.4 is 29.2 Å². The summed E-state index contributed by atoms with van der Waals surface area (Å²) in [4.78, 5) is 25.1. The second-order valence-corrected chi connectivity index (χ2v) is 9.68. The van der Waals surface area contributed by atoms with E-state index in [1.807, 2.05) is 11.0 Å². The smallest absolute Gasteiger partial charge is 0.344 e. The van der Waals surface area contributed by atoms with Crippen molar-refractivity contribution in [1.82, 2.24) is 9.97 Å². The molecule has 4 rings (SSSR count). The minimum absolute atomic E-state index is 0.154. The summed E-state index contributed by atoms with van der Waals surface area (Å²) in [6.45, 7) is 3.31. The lowest BCUT2D eigenvalue weighted by atomic mass is 10.0. The molecule has 0 amide bonds. The maximum Gasteiger partial charge on any atom is 0.344 e. The number of rotatable bonds is 11. The Morgan fingerprint density at radius 2 is 1.66 bits per heavy atom. The molecule has 0 aliphatic carbocycles. The molecule has 0 saturated carbocycles. The number of hydrogen-bond donors (Lipinski definition) is 2. The predicted molar refractivity (Wildman–Crippen MR) is 156 cm³/mol. The van der Waals surface area contributed by atoms with Gasteiger partial charge < -0.3 is 39.0 Å². The predicted octanol–water partition coefficient (Wildman–Crippen LogP) is 4.58. The first-order valence-corrected chi connectivity index (χ1v) is 13.6. The van der Waals surface area contributed by atoms with E-state index < -0.39 is 5.97 Å². The van der Waals surface area contributed by atoms with Crippen LogP contribution in [-0.2, 0) is 11.3 Å². The number of anilines is 2. The van der Waals surface area contributed by atoms with Gasteiger partial charge >= 0.3 is 5.97 Å². The Hall–Kier alpha value is -3.96. The molecule has 0 atom stereocenters. The van der Waals surface area contributed by atoms with Crippen LogP contribution >= 0.6 is 11.6 Å². The zero-order chi connectivity index (χ0) is 29.5. The number of aromatic nitrogens is 2. The van der Waals surface area contributed by atoms with Gasteiger partial charge in [0.1, 0.15) is 17.1 Å². The van der Waals surface area contributed by atoms with Crippen LogP contribution in [0.5, 0.6) is 23.0 Å². The van der Waals surface area contributed by atoms with Gasteiger partial charge in [-0.25, -0.2) is 9.78 Å². The second-order valence-electron chi connectivity index (χ2n) is 9.27. The van der Waals surface area contributed by atoms with Crippen LogP contribution in [0.25, 0.3) is 11.3 Å². The zero-order valence-electron chi connectivity index (χ0n) is 23.8. The van der Waals surface area contributed by atoms with E-state index in [9.17, 15) is 9.90 Å². The molecule has 3 aromatic rings. The number of nitrogens with one attached hydrogen (secondary N) is 1. The number of aliphatic hydroxyl groups is 1. The van der Waals surface area contributed by atoms with E-state index in [-0.39, 0.29) is 24.1 Å². The van der Waals surface area contributed by atoms with Gasteiger partial charge in [0.15, 0.2) is 11.5 Å². The molecule has 2 heterocycles. The van der Waals surface area contributed by atoms with Gasteiger partial charge in [-0.05, 0) is 49.6 Å². The summed E-state index contributed by atoms with van der Waals surface area (Å²) in [7, 11) is 6.11. The van der Waals surface area contributed by atoms with Crippen LogP contribution in [-0.4, -0.2) is 75.3 Å². The average Bonchev–Trinajstić information content (AvgIpc) is 2.99. The quantitative estimate of drug-likeness (QED) is 0.307. The number of methoxy groups -OCH3 is 4. The van der Waals surface area contributed by atoms with Crippen molar-refractivity contribution in [2.24, 2.45) is 0 Å². The normalized spacial score (nSPS) is 13.5. The Kier molecular flexibility index (Phi) is 9.95. The molecule has 0 spiro atoms. The Morgan fingerprint density at radius 3 is 2.22 bits per heavy atom. The van der Waals surface area contributed by atoms with Crippen LogP contribution in [0, 0.1) is 0 Å². The van der Waals surface area contributed by atoms with Crippen LogP contribution in [0.2, 0.25) is 5.02 Å². The Balaban J connectivity index is 1.89. The fourth-order valence-corrected chi connectivity index (χ4v) is 4.89. The summed E-state index contributed by atoms with van der Waals surface area (Å²) in [6, 6.07) is 8.88. The number of benzene rings is 2. The summed E-state index contributed by atoms with van der Waals surface area (Å²) in [6.07, 6.45) is 0.780. The Labute approximate surface area is 244 Å². The third kappa shape index (κ3) is 6.68. The van der Waals surface area contributed by atoms with E-state index in [0.717, 1.165) is 5.56 Å². The van der Waals surface area contributed by atoms with Crippen LogP contribution in [0.4, 0.5) is 11.8 Å². The lowest BCUT2D eigenvalue weighted by Gasteiger charge is -2.30. The first-order valence-electron chi connectivity index (χ1n) is 13.2. The summed E-state index contributed by atoms with van der Waals surface area (Å²) in [5.74, 6) is 1.88. The summed E-state index contributed by atoms with van der Waals surface area (Å²) in [5, 5.41) is 13.8. The molecule has 12 heteroatoms. The van der Waals surface area contributed by atoms with Gasteiger partial charge in [0.05, 0.1) is 51.9 Å². The van der Waals surface area contributed by atoms with Crippen molar-refractivity contribution in [2.45, 2.75) is 32.4 Å². The zero-order valence-corrected chi connectivity index (χ0v) is 24.6. The fraction of sp³-hybridized carbons (Fsp3) is 0.414. The monoisotopic (exact) mass is 586 g/mol. The SMILES string of the molecule is CCOC(=O)c1c(NCc2ccc(OC)c(Cl)c2)nc(N2CCC(O)CC2)nc1-c1cc(OC)c(OC)c(OC)c1. The molecule has 1 saturated heterocycles. The average molecular weight is 587 g/mol.